The summed E-state index contributed by atoms with van der Waals surface area (Å²) in [7, 11) is -4.52. The Hall–Kier alpha value is -2.90. The summed E-state index contributed by atoms with van der Waals surface area (Å²) >= 11 is 0. The average Bonchev–Trinajstić information content (AvgIpc) is 3.15. The Morgan fingerprint density at radius 3 is 2.54 bits per heavy atom. The van der Waals surface area contributed by atoms with Crippen LogP contribution in [0.25, 0.3) is 0 Å². The van der Waals surface area contributed by atoms with Crippen LogP contribution in [0.1, 0.15) is 33.4 Å². The van der Waals surface area contributed by atoms with Crippen LogP contribution in [-0.4, -0.2) is 57.5 Å². The summed E-state index contributed by atoms with van der Waals surface area (Å²) in [5, 5.41) is 12.8. The molecule has 0 amide bonds. The number of nitrogens with one attached hydrogen (secondary N) is 2. The van der Waals surface area contributed by atoms with Crippen molar-refractivity contribution in [1.82, 2.24) is 14.6 Å². The van der Waals surface area contributed by atoms with Crippen LogP contribution in [0.4, 0.5) is 8.78 Å². The second-order valence-electron chi connectivity index (χ2n) is 8.67. The van der Waals surface area contributed by atoms with Gasteiger partial charge in [-0.05, 0) is 32.9 Å². The Morgan fingerprint density at radius 2 is 1.95 bits per heavy atom. The Morgan fingerprint density at radius 1 is 1.27 bits per heavy atom. The van der Waals surface area contributed by atoms with Crippen molar-refractivity contribution in [2.75, 3.05) is 6.61 Å². The van der Waals surface area contributed by atoms with Crippen LogP contribution in [0, 0.1) is 0 Å². The van der Waals surface area contributed by atoms with Crippen LogP contribution >= 0.6 is 7.75 Å². The van der Waals surface area contributed by atoms with Crippen molar-refractivity contribution in [1.29, 1.82) is 0 Å². The highest BCUT2D eigenvalue weighted by Crippen LogP contribution is 2.49. The lowest BCUT2D eigenvalue weighted by Gasteiger charge is -2.30. The molecule has 1 aliphatic heterocycles. The highest BCUT2D eigenvalue weighted by Gasteiger charge is 2.55. The van der Waals surface area contributed by atoms with Gasteiger partial charge in [-0.2, -0.15) is 5.09 Å². The quantitative estimate of drug-likeness (QED) is 0.281. The molecule has 12 nitrogen and oxygen atoms in total. The molecule has 0 spiro atoms. The third-order valence-corrected chi connectivity index (χ3v) is 6.89. The molecule has 204 valence electrons. The molecule has 3 rings (SSSR count). The number of ether oxygens (including phenoxy) is 2. The van der Waals surface area contributed by atoms with Gasteiger partial charge in [0.1, 0.15) is 17.9 Å². The number of aliphatic hydroxyl groups excluding tert-OH is 1. The predicted octanol–water partition coefficient (Wildman–Crippen LogP) is 1.95. The van der Waals surface area contributed by atoms with Gasteiger partial charge in [0, 0.05) is 18.7 Å². The fraction of sp³-hybridized carbons (Fsp3) is 0.500. The zero-order valence-electron chi connectivity index (χ0n) is 20.2. The predicted molar refractivity (Wildman–Crippen MR) is 125 cm³/mol. The Kier molecular flexibility index (Phi) is 9.03. The van der Waals surface area contributed by atoms with Crippen molar-refractivity contribution >= 4 is 13.7 Å². The van der Waals surface area contributed by atoms with Gasteiger partial charge in [0.15, 0.2) is 11.8 Å². The lowest BCUT2D eigenvalue weighted by molar-refractivity contribution is -0.170. The number of aromatic nitrogens is 2. The monoisotopic (exact) mass is 547 g/mol. The molecular weight excluding hydrogens is 519 g/mol. The third kappa shape index (κ3) is 7.11. The third-order valence-electron chi connectivity index (χ3n) is 5.27. The molecule has 1 unspecified atom stereocenters. The first-order valence-electron chi connectivity index (χ1n) is 11.3. The Balaban J connectivity index is 1.85. The number of aliphatic hydroxyl groups is 1. The van der Waals surface area contributed by atoms with E-state index in [0.29, 0.717) is 0 Å². The lowest BCUT2D eigenvalue weighted by Crippen LogP contribution is -2.44. The first-order valence-corrected chi connectivity index (χ1v) is 12.8. The van der Waals surface area contributed by atoms with E-state index in [1.807, 2.05) is 4.98 Å². The summed E-state index contributed by atoms with van der Waals surface area (Å²) in [5.41, 5.74) is -4.23. The molecule has 0 saturated carbocycles. The van der Waals surface area contributed by atoms with Crippen LogP contribution in [0.2, 0.25) is 0 Å². The fourth-order valence-corrected chi connectivity index (χ4v) is 5.06. The molecule has 37 heavy (non-hydrogen) atoms. The highest BCUT2D eigenvalue weighted by molar-refractivity contribution is 7.52. The minimum Gasteiger partial charge on any atom is -0.462 e. The van der Waals surface area contributed by atoms with Crippen molar-refractivity contribution in [3.05, 3.63) is 63.4 Å². The summed E-state index contributed by atoms with van der Waals surface area (Å²) < 4.78 is 64.2. The number of carbonyl (C=O) groups is 1. The topological polar surface area (TPSA) is 158 Å². The summed E-state index contributed by atoms with van der Waals surface area (Å²) in [6.45, 7) is 3.49. The van der Waals surface area contributed by atoms with Crippen LogP contribution in [0.15, 0.2) is 52.2 Å². The maximum absolute atomic E-state index is 14.3. The van der Waals surface area contributed by atoms with Gasteiger partial charge in [-0.1, -0.05) is 18.2 Å². The van der Waals surface area contributed by atoms with Gasteiger partial charge in [0.05, 0.1) is 12.7 Å². The van der Waals surface area contributed by atoms with Gasteiger partial charge >= 0.3 is 19.4 Å². The first-order chi connectivity index (χ1) is 17.3. The highest BCUT2D eigenvalue weighted by atomic mass is 31.2. The number of para-hydroxylation sites is 1. The van der Waals surface area contributed by atoms with E-state index in [0.717, 1.165) is 16.8 Å². The summed E-state index contributed by atoms with van der Waals surface area (Å²) in [5.74, 6) is -0.733. The van der Waals surface area contributed by atoms with Gasteiger partial charge in [-0.3, -0.25) is 23.7 Å². The first kappa shape index (κ1) is 28.7. The average molecular weight is 547 g/mol. The molecule has 1 aliphatic rings. The SMILES string of the molecule is CC(C)OC(=O)[C@H](C)NP(=O)(OC[C@]1(C(F)F)C[C@@H](O)[C@H](n2ccc(=O)[nH]c2=O)O1)Oc1ccccc1. The van der Waals surface area contributed by atoms with E-state index in [1.165, 1.54) is 19.1 Å². The maximum Gasteiger partial charge on any atom is 0.459 e. The van der Waals surface area contributed by atoms with Crippen molar-refractivity contribution in [3.63, 3.8) is 0 Å². The van der Waals surface area contributed by atoms with E-state index in [-0.39, 0.29) is 5.75 Å². The minimum atomic E-state index is -4.52. The minimum absolute atomic E-state index is 0.0545. The molecule has 2 aromatic rings. The van der Waals surface area contributed by atoms with E-state index < -0.39 is 74.5 Å². The molecule has 1 saturated heterocycles. The number of halogens is 2. The normalized spacial score (nSPS) is 24.1. The number of hydrogen-bond donors (Lipinski definition) is 3. The molecule has 1 aromatic heterocycles. The molecule has 2 heterocycles. The van der Waals surface area contributed by atoms with Crippen LogP contribution in [0.3, 0.4) is 0 Å². The van der Waals surface area contributed by atoms with E-state index in [4.69, 9.17) is 18.5 Å². The molecule has 3 N–H and O–H groups in total. The Labute approximate surface area is 210 Å². The van der Waals surface area contributed by atoms with Crippen molar-refractivity contribution in [2.24, 2.45) is 0 Å². The van der Waals surface area contributed by atoms with Crippen LogP contribution < -0.4 is 20.9 Å². The maximum atomic E-state index is 14.3. The van der Waals surface area contributed by atoms with Gasteiger partial charge < -0.3 is 19.1 Å². The number of benzene rings is 1. The number of nitrogens with zero attached hydrogens (tertiary/aromatic N) is 1. The number of aromatic amines is 1. The summed E-state index contributed by atoms with van der Waals surface area (Å²) in [6.07, 6.45) is -6.66. The molecule has 0 radical (unpaired) electrons. The number of rotatable bonds is 11. The number of carbonyl (C=O) groups excluding carboxylic acids is 1. The zero-order valence-corrected chi connectivity index (χ0v) is 21.1. The van der Waals surface area contributed by atoms with Crippen LogP contribution in [-0.2, 0) is 23.4 Å². The second-order valence-corrected chi connectivity index (χ2v) is 10.4. The van der Waals surface area contributed by atoms with Crippen molar-refractivity contribution < 1.29 is 41.8 Å². The molecule has 5 atom stereocenters. The summed E-state index contributed by atoms with van der Waals surface area (Å²) in [4.78, 5) is 37.7. The molecule has 15 heteroatoms. The van der Waals surface area contributed by atoms with E-state index >= 15 is 0 Å². The Bertz CT molecular complexity index is 1240. The molecule has 0 aliphatic carbocycles. The molecule has 0 bridgehead atoms. The van der Waals surface area contributed by atoms with Crippen molar-refractivity contribution in [3.8, 4) is 5.75 Å². The second kappa shape index (κ2) is 11.7. The molecular formula is C22H28F2N3O9P. The fourth-order valence-electron chi connectivity index (χ4n) is 3.52. The lowest BCUT2D eigenvalue weighted by atomic mass is 10.0. The number of esters is 1. The number of H-pyrrole nitrogens is 1. The van der Waals surface area contributed by atoms with E-state index in [2.05, 4.69) is 5.09 Å². The largest absolute Gasteiger partial charge is 0.462 e. The summed E-state index contributed by atoms with van der Waals surface area (Å²) in [6, 6.07) is 7.41. The van der Waals surface area contributed by atoms with Gasteiger partial charge in [0.25, 0.3) is 12.0 Å². The van der Waals surface area contributed by atoms with Crippen molar-refractivity contribution in [2.45, 2.75) is 63.7 Å². The van der Waals surface area contributed by atoms with Gasteiger partial charge in [0.2, 0.25) is 0 Å². The zero-order chi connectivity index (χ0) is 27.4. The number of alkyl halides is 2. The van der Waals surface area contributed by atoms with Gasteiger partial charge in [-0.15, -0.1) is 0 Å². The van der Waals surface area contributed by atoms with E-state index in [9.17, 15) is 32.8 Å². The number of hydrogen-bond acceptors (Lipinski definition) is 9. The smallest absolute Gasteiger partial charge is 0.459 e. The molecule has 1 fully saturated rings. The van der Waals surface area contributed by atoms with Gasteiger partial charge in [-0.25, -0.2) is 18.1 Å². The standard InChI is InChI=1S/C22H28F2N3O9P/c1-13(2)34-19(30)14(3)26-37(32,36-15-7-5-4-6-8-15)33-12-22(20(23)24)11-16(28)18(35-22)27-10-9-17(29)25-21(27)31/h4-10,13-14,16,18,20,28H,11-12H2,1-3H3,(H,26,32)(H,25,29,31)/t14-,16+,18+,22-,37?/m0/s1. The molecule has 1 aromatic carbocycles. The van der Waals surface area contributed by atoms with Crippen LogP contribution in [0.5, 0.6) is 5.75 Å². The van der Waals surface area contributed by atoms with E-state index in [1.54, 1.807) is 32.0 Å².